The highest BCUT2D eigenvalue weighted by Gasteiger charge is 2.53. The maximum atomic E-state index is 12.6. The summed E-state index contributed by atoms with van der Waals surface area (Å²) >= 11 is 0. The Morgan fingerprint density at radius 2 is 2.32 bits per heavy atom. The first-order valence-electron chi connectivity index (χ1n) is 7.99. The first-order chi connectivity index (χ1) is 10.4. The monoisotopic (exact) mass is 303 g/mol. The molecule has 0 bridgehead atoms. The number of hydrogen-bond donors (Lipinski definition) is 2. The number of nitrogens with zero attached hydrogens (tertiary/aromatic N) is 1. The number of aromatic nitrogens is 1. The molecule has 2 fully saturated rings. The molecule has 2 N–H and O–H groups in total. The van der Waals surface area contributed by atoms with Gasteiger partial charge in [0.25, 0.3) is 0 Å². The summed E-state index contributed by atoms with van der Waals surface area (Å²) in [6, 6.07) is 4.09. The number of nitrogens with one attached hydrogen (secondary N) is 2. The van der Waals surface area contributed by atoms with Crippen molar-refractivity contribution >= 4 is 5.91 Å². The molecule has 0 aromatic carbocycles. The van der Waals surface area contributed by atoms with Crippen molar-refractivity contribution in [2.45, 2.75) is 39.7 Å². The van der Waals surface area contributed by atoms with Gasteiger partial charge in [-0.1, -0.05) is 6.07 Å². The molecule has 2 heterocycles. The Kier molecular flexibility index (Phi) is 3.85. The molecule has 1 amide bonds. The summed E-state index contributed by atoms with van der Waals surface area (Å²) in [5.41, 5.74) is 0.725. The van der Waals surface area contributed by atoms with Crippen LogP contribution in [0.15, 0.2) is 18.3 Å². The third kappa shape index (κ3) is 2.95. The van der Waals surface area contributed by atoms with Crippen LogP contribution in [0.2, 0.25) is 0 Å². The Bertz CT molecular complexity index is 567. The van der Waals surface area contributed by atoms with Crippen molar-refractivity contribution < 1.29 is 9.53 Å². The predicted molar refractivity (Wildman–Crippen MR) is 84.7 cm³/mol. The van der Waals surface area contributed by atoms with Crippen molar-refractivity contribution in [3.8, 4) is 5.88 Å². The average Bonchev–Trinajstić information content (AvgIpc) is 3.15. The lowest BCUT2D eigenvalue weighted by Gasteiger charge is -2.28. The van der Waals surface area contributed by atoms with E-state index < -0.39 is 5.41 Å². The summed E-state index contributed by atoms with van der Waals surface area (Å²) in [6.07, 6.45) is 4.14. The Balaban J connectivity index is 1.57. The van der Waals surface area contributed by atoms with E-state index in [2.05, 4.69) is 15.6 Å². The molecular weight excluding hydrogens is 278 g/mol. The molecule has 5 heteroatoms. The third-order valence-corrected chi connectivity index (χ3v) is 4.91. The maximum absolute atomic E-state index is 12.6. The molecule has 22 heavy (non-hydrogen) atoms. The number of pyridine rings is 1. The molecule has 1 atom stereocenters. The second kappa shape index (κ2) is 5.54. The van der Waals surface area contributed by atoms with Crippen LogP contribution in [-0.4, -0.2) is 36.6 Å². The van der Waals surface area contributed by atoms with Crippen LogP contribution in [0.4, 0.5) is 0 Å². The number of rotatable bonds is 5. The van der Waals surface area contributed by atoms with Crippen molar-refractivity contribution in [3.63, 3.8) is 0 Å². The zero-order valence-corrected chi connectivity index (χ0v) is 13.6. The quantitative estimate of drug-likeness (QED) is 0.868. The molecule has 1 saturated carbocycles. The number of carbonyl (C=O) groups excluding carboxylic acids is 1. The highest BCUT2D eigenvalue weighted by atomic mass is 16.5. The van der Waals surface area contributed by atoms with Gasteiger partial charge in [-0.05, 0) is 39.7 Å². The Morgan fingerprint density at radius 1 is 1.55 bits per heavy atom. The first-order valence-corrected chi connectivity index (χ1v) is 7.99. The van der Waals surface area contributed by atoms with E-state index >= 15 is 0 Å². The maximum Gasteiger partial charge on any atom is 0.229 e. The highest BCUT2D eigenvalue weighted by Crippen LogP contribution is 2.50. The minimum Gasteiger partial charge on any atom is -0.476 e. The van der Waals surface area contributed by atoms with Gasteiger partial charge < -0.3 is 15.4 Å². The van der Waals surface area contributed by atoms with Crippen molar-refractivity contribution in [2.75, 3.05) is 19.7 Å². The van der Waals surface area contributed by atoms with Crippen LogP contribution in [0, 0.1) is 17.8 Å². The van der Waals surface area contributed by atoms with E-state index in [4.69, 9.17) is 4.74 Å². The molecule has 1 saturated heterocycles. The molecule has 1 aromatic rings. The molecule has 1 aliphatic heterocycles. The summed E-state index contributed by atoms with van der Waals surface area (Å²) in [7, 11) is 0. The van der Waals surface area contributed by atoms with Crippen LogP contribution in [0.1, 0.15) is 32.3 Å². The molecule has 5 nitrogen and oxygen atoms in total. The molecule has 0 unspecified atom stereocenters. The lowest BCUT2D eigenvalue weighted by atomic mass is 9.91. The van der Waals surface area contributed by atoms with E-state index in [1.54, 1.807) is 6.20 Å². The van der Waals surface area contributed by atoms with Gasteiger partial charge in [-0.3, -0.25) is 4.79 Å². The van der Waals surface area contributed by atoms with Crippen LogP contribution in [0.5, 0.6) is 5.88 Å². The average molecular weight is 303 g/mol. The second-order valence-corrected chi connectivity index (χ2v) is 7.32. The highest BCUT2D eigenvalue weighted by molar-refractivity contribution is 5.82. The third-order valence-electron chi connectivity index (χ3n) is 4.91. The van der Waals surface area contributed by atoms with Crippen LogP contribution in [-0.2, 0) is 4.79 Å². The van der Waals surface area contributed by atoms with Crippen LogP contribution >= 0.6 is 0 Å². The number of hydrogen-bond acceptors (Lipinski definition) is 4. The number of ether oxygens (including phenoxy) is 1. The normalized spacial score (nSPS) is 22.6. The first kappa shape index (κ1) is 15.3. The summed E-state index contributed by atoms with van der Waals surface area (Å²) in [6.45, 7) is 8.02. The molecular formula is C17H25N3O2. The van der Waals surface area contributed by atoms with E-state index in [-0.39, 0.29) is 11.9 Å². The number of aryl methyl sites for hydroxylation is 1. The fourth-order valence-electron chi connectivity index (χ4n) is 2.99. The lowest BCUT2D eigenvalue weighted by molar-refractivity contribution is -0.131. The van der Waals surface area contributed by atoms with Crippen LogP contribution in [0.25, 0.3) is 0 Å². The molecule has 3 rings (SSSR count). The van der Waals surface area contributed by atoms with Crippen molar-refractivity contribution in [1.29, 1.82) is 0 Å². The zero-order valence-electron chi connectivity index (χ0n) is 13.6. The lowest BCUT2D eigenvalue weighted by Crippen LogP contribution is -2.48. The fourth-order valence-corrected chi connectivity index (χ4v) is 2.99. The van der Waals surface area contributed by atoms with Gasteiger partial charge in [0.15, 0.2) is 0 Å². The molecule has 1 aromatic heterocycles. The van der Waals surface area contributed by atoms with E-state index in [9.17, 15) is 4.79 Å². The van der Waals surface area contributed by atoms with E-state index in [1.807, 2.05) is 32.9 Å². The Morgan fingerprint density at radius 3 is 3.00 bits per heavy atom. The van der Waals surface area contributed by atoms with Gasteiger partial charge >= 0.3 is 0 Å². The van der Waals surface area contributed by atoms with Crippen molar-refractivity contribution in [2.24, 2.45) is 10.8 Å². The van der Waals surface area contributed by atoms with E-state index in [0.717, 1.165) is 18.7 Å². The van der Waals surface area contributed by atoms with E-state index in [0.29, 0.717) is 17.9 Å². The fraction of sp³-hybridized carbons (Fsp3) is 0.647. The van der Waals surface area contributed by atoms with Crippen molar-refractivity contribution in [1.82, 2.24) is 15.6 Å². The minimum atomic E-state index is -0.581. The summed E-state index contributed by atoms with van der Waals surface area (Å²) in [5, 5.41) is 6.61. The molecule has 0 radical (unpaired) electrons. The SMILES string of the molecule is Cc1cccnc1OCC(C)(C)C(=O)N[C@H]1CNCC12CC2. The Hall–Kier alpha value is -1.62. The summed E-state index contributed by atoms with van der Waals surface area (Å²) in [5.74, 6) is 0.658. The van der Waals surface area contributed by atoms with Crippen molar-refractivity contribution in [3.05, 3.63) is 23.9 Å². The molecule has 1 spiro atoms. The Labute approximate surface area is 131 Å². The van der Waals surface area contributed by atoms with Gasteiger partial charge in [0.1, 0.15) is 6.61 Å². The van der Waals surface area contributed by atoms with Gasteiger partial charge in [-0.15, -0.1) is 0 Å². The topological polar surface area (TPSA) is 63.2 Å². The smallest absolute Gasteiger partial charge is 0.229 e. The molecule has 2 aliphatic rings. The molecule has 120 valence electrons. The van der Waals surface area contributed by atoms with Gasteiger partial charge in [0.2, 0.25) is 11.8 Å². The van der Waals surface area contributed by atoms with E-state index in [1.165, 1.54) is 12.8 Å². The standard InChI is InChI=1S/C17H25N3O2/c1-12-5-4-8-19-14(12)22-11-16(2,3)15(21)20-13-9-18-10-17(13)6-7-17/h4-5,8,13,18H,6-7,9-11H2,1-3H3,(H,20,21)/t13-/m0/s1. The second-order valence-electron chi connectivity index (χ2n) is 7.32. The molecule has 1 aliphatic carbocycles. The van der Waals surface area contributed by atoms with Gasteiger partial charge in [-0.2, -0.15) is 0 Å². The number of carbonyl (C=O) groups is 1. The van der Waals surface area contributed by atoms with Gasteiger partial charge in [0, 0.05) is 36.3 Å². The van der Waals surface area contributed by atoms with Gasteiger partial charge in [0.05, 0.1) is 5.41 Å². The van der Waals surface area contributed by atoms with Crippen LogP contribution < -0.4 is 15.4 Å². The number of amides is 1. The summed E-state index contributed by atoms with van der Waals surface area (Å²) in [4.78, 5) is 16.8. The van der Waals surface area contributed by atoms with Gasteiger partial charge in [-0.25, -0.2) is 4.98 Å². The largest absolute Gasteiger partial charge is 0.476 e. The summed E-state index contributed by atoms with van der Waals surface area (Å²) < 4.78 is 5.77. The minimum absolute atomic E-state index is 0.0565. The van der Waals surface area contributed by atoms with Crippen LogP contribution in [0.3, 0.4) is 0 Å². The predicted octanol–water partition coefficient (Wildman–Crippen LogP) is 1.66. The zero-order chi connectivity index (χ0) is 15.8.